The summed E-state index contributed by atoms with van der Waals surface area (Å²) in [5, 5.41) is 11.4. The highest BCUT2D eigenvalue weighted by atomic mass is 127. The summed E-state index contributed by atoms with van der Waals surface area (Å²) in [6.07, 6.45) is 1.25. The SMILES string of the molecule is C=CC(Nc1cccc(F)c1I)C(=O)O. The van der Waals surface area contributed by atoms with Crippen LogP contribution in [0.5, 0.6) is 0 Å². The molecule has 1 aromatic rings. The molecule has 2 N–H and O–H groups in total. The van der Waals surface area contributed by atoms with Crippen molar-refractivity contribution >= 4 is 34.2 Å². The highest BCUT2D eigenvalue weighted by Gasteiger charge is 2.14. The van der Waals surface area contributed by atoms with Crippen molar-refractivity contribution in [3.05, 3.63) is 40.2 Å². The molecule has 1 unspecified atom stereocenters. The molecule has 0 aromatic heterocycles. The summed E-state index contributed by atoms with van der Waals surface area (Å²) in [4.78, 5) is 10.7. The third kappa shape index (κ3) is 2.92. The van der Waals surface area contributed by atoms with Gasteiger partial charge in [0.25, 0.3) is 0 Å². The Morgan fingerprint density at radius 3 is 2.87 bits per heavy atom. The second kappa shape index (κ2) is 5.11. The number of anilines is 1. The molecule has 1 rings (SSSR count). The molecule has 0 aliphatic carbocycles. The van der Waals surface area contributed by atoms with E-state index in [1.807, 2.05) is 22.6 Å². The number of hydrogen-bond acceptors (Lipinski definition) is 2. The van der Waals surface area contributed by atoms with E-state index >= 15 is 0 Å². The third-order valence-corrected chi connectivity index (χ3v) is 2.86. The lowest BCUT2D eigenvalue weighted by Crippen LogP contribution is -2.27. The van der Waals surface area contributed by atoms with Gasteiger partial charge in [-0.25, -0.2) is 9.18 Å². The summed E-state index contributed by atoms with van der Waals surface area (Å²) in [5.74, 6) is -1.43. The maximum absolute atomic E-state index is 13.1. The molecule has 0 spiro atoms. The quantitative estimate of drug-likeness (QED) is 0.662. The minimum Gasteiger partial charge on any atom is -0.479 e. The molecule has 0 aliphatic rings. The molecule has 0 saturated carbocycles. The van der Waals surface area contributed by atoms with E-state index in [1.54, 1.807) is 6.07 Å². The minimum absolute atomic E-state index is 0.364. The first-order valence-corrected chi connectivity index (χ1v) is 5.20. The summed E-state index contributed by atoms with van der Waals surface area (Å²) >= 11 is 1.81. The number of hydrogen-bond donors (Lipinski definition) is 2. The Labute approximate surface area is 100 Å². The summed E-state index contributed by atoms with van der Waals surface area (Å²) in [6, 6.07) is 3.53. The number of halogens is 2. The van der Waals surface area contributed by atoms with E-state index in [0.29, 0.717) is 9.26 Å². The molecule has 0 saturated heterocycles. The molecular weight excluding hydrogens is 312 g/mol. The Morgan fingerprint density at radius 1 is 1.67 bits per heavy atom. The summed E-state index contributed by atoms with van der Waals surface area (Å²) in [6.45, 7) is 3.39. The fraction of sp³-hybridized carbons (Fsp3) is 0.100. The molecule has 0 heterocycles. The van der Waals surface area contributed by atoms with Crippen LogP contribution in [0.3, 0.4) is 0 Å². The van der Waals surface area contributed by atoms with Gasteiger partial charge in [-0.15, -0.1) is 6.58 Å². The van der Waals surface area contributed by atoms with Gasteiger partial charge in [0.1, 0.15) is 11.9 Å². The van der Waals surface area contributed by atoms with Gasteiger partial charge in [0, 0.05) is 0 Å². The topological polar surface area (TPSA) is 49.3 Å². The molecular formula is C10H9FINO2. The van der Waals surface area contributed by atoms with Crippen molar-refractivity contribution in [2.45, 2.75) is 6.04 Å². The molecule has 3 nitrogen and oxygen atoms in total. The van der Waals surface area contributed by atoms with E-state index in [9.17, 15) is 9.18 Å². The number of carboxylic acids is 1. The van der Waals surface area contributed by atoms with E-state index < -0.39 is 12.0 Å². The number of benzene rings is 1. The molecule has 0 aliphatic heterocycles. The minimum atomic E-state index is -1.05. The average molecular weight is 321 g/mol. The first-order chi connectivity index (χ1) is 7.06. The van der Waals surface area contributed by atoms with Gasteiger partial charge in [-0.3, -0.25) is 0 Å². The number of aliphatic carboxylic acids is 1. The molecule has 1 aromatic carbocycles. The zero-order valence-corrected chi connectivity index (χ0v) is 9.86. The Kier molecular flexibility index (Phi) is 4.07. The van der Waals surface area contributed by atoms with Crippen LogP contribution in [0.15, 0.2) is 30.9 Å². The van der Waals surface area contributed by atoms with E-state index in [0.717, 1.165) is 0 Å². The lowest BCUT2D eigenvalue weighted by molar-refractivity contribution is -0.136. The van der Waals surface area contributed by atoms with Crippen molar-refractivity contribution in [1.82, 2.24) is 0 Å². The highest BCUT2D eigenvalue weighted by molar-refractivity contribution is 14.1. The van der Waals surface area contributed by atoms with Crippen LogP contribution >= 0.6 is 22.6 Å². The van der Waals surface area contributed by atoms with E-state index in [1.165, 1.54) is 18.2 Å². The lowest BCUT2D eigenvalue weighted by atomic mass is 10.2. The molecule has 1 atom stereocenters. The second-order valence-electron chi connectivity index (χ2n) is 2.80. The molecule has 0 radical (unpaired) electrons. The van der Waals surface area contributed by atoms with Crippen molar-refractivity contribution in [2.24, 2.45) is 0 Å². The third-order valence-electron chi connectivity index (χ3n) is 1.76. The van der Waals surface area contributed by atoms with Crippen LogP contribution in [0.1, 0.15) is 0 Å². The van der Waals surface area contributed by atoms with Crippen LogP contribution in [0.4, 0.5) is 10.1 Å². The van der Waals surface area contributed by atoms with E-state index in [2.05, 4.69) is 11.9 Å². The van der Waals surface area contributed by atoms with Crippen LogP contribution in [0.2, 0.25) is 0 Å². The number of carboxylic acid groups (broad SMARTS) is 1. The number of rotatable bonds is 4. The summed E-state index contributed by atoms with van der Waals surface area (Å²) in [7, 11) is 0. The van der Waals surface area contributed by atoms with Crippen molar-refractivity contribution in [3.8, 4) is 0 Å². The maximum atomic E-state index is 13.1. The van der Waals surface area contributed by atoms with Gasteiger partial charge in [-0.1, -0.05) is 12.1 Å². The Morgan fingerprint density at radius 2 is 2.33 bits per heavy atom. The van der Waals surface area contributed by atoms with Crippen LogP contribution in [0.25, 0.3) is 0 Å². The van der Waals surface area contributed by atoms with Gasteiger partial charge < -0.3 is 10.4 Å². The average Bonchev–Trinajstić information content (AvgIpc) is 2.19. The Bertz CT molecular complexity index is 395. The van der Waals surface area contributed by atoms with Gasteiger partial charge >= 0.3 is 5.97 Å². The van der Waals surface area contributed by atoms with Gasteiger partial charge in [0.2, 0.25) is 0 Å². The first kappa shape index (κ1) is 12.0. The molecule has 0 bridgehead atoms. The number of carbonyl (C=O) groups is 1. The molecule has 5 heteroatoms. The summed E-state index contributed by atoms with van der Waals surface area (Å²) in [5.41, 5.74) is 0.447. The van der Waals surface area contributed by atoms with Crippen molar-refractivity contribution in [1.29, 1.82) is 0 Å². The predicted octanol–water partition coefficient (Wildman–Crippen LogP) is 2.48. The van der Waals surface area contributed by atoms with Crippen LogP contribution < -0.4 is 5.32 Å². The normalized spacial score (nSPS) is 11.9. The zero-order chi connectivity index (χ0) is 11.4. The zero-order valence-electron chi connectivity index (χ0n) is 7.71. The molecule has 80 valence electrons. The number of nitrogens with one attached hydrogen (secondary N) is 1. The molecule has 0 fully saturated rings. The highest BCUT2D eigenvalue weighted by Crippen LogP contribution is 2.21. The van der Waals surface area contributed by atoms with Crippen LogP contribution in [-0.4, -0.2) is 17.1 Å². The van der Waals surface area contributed by atoms with Gasteiger partial charge in [0.05, 0.1) is 9.26 Å². The predicted molar refractivity (Wildman–Crippen MR) is 64.4 cm³/mol. The van der Waals surface area contributed by atoms with E-state index in [-0.39, 0.29) is 5.82 Å². The molecule has 15 heavy (non-hydrogen) atoms. The standard InChI is InChI=1S/C10H9FINO2/c1-2-7(10(14)15)13-8-5-3-4-6(11)9(8)12/h2-5,7,13H,1H2,(H,14,15). The van der Waals surface area contributed by atoms with Gasteiger partial charge in [0.15, 0.2) is 0 Å². The van der Waals surface area contributed by atoms with Gasteiger partial charge in [-0.05, 0) is 34.7 Å². The Balaban J connectivity index is 2.93. The van der Waals surface area contributed by atoms with Gasteiger partial charge in [-0.2, -0.15) is 0 Å². The lowest BCUT2D eigenvalue weighted by Gasteiger charge is -2.13. The monoisotopic (exact) mass is 321 g/mol. The fourth-order valence-corrected chi connectivity index (χ4v) is 1.52. The van der Waals surface area contributed by atoms with Crippen molar-refractivity contribution in [2.75, 3.05) is 5.32 Å². The van der Waals surface area contributed by atoms with Crippen LogP contribution in [-0.2, 0) is 4.79 Å². The van der Waals surface area contributed by atoms with E-state index in [4.69, 9.17) is 5.11 Å². The fourth-order valence-electron chi connectivity index (χ4n) is 1.00. The first-order valence-electron chi connectivity index (χ1n) is 4.12. The summed E-state index contributed by atoms with van der Waals surface area (Å²) < 4.78 is 13.5. The van der Waals surface area contributed by atoms with Crippen molar-refractivity contribution in [3.63, 3.8) is 0 Å². The maximum Gasteiger partial charge on any atom is 0.330 e. The molecule has 0 amide bonds. The second-order valence-corrected chi connectivity index (χ2v) is 3.88. The van der Waals surface area contributed by atoms with Crippen molar-refractivity contribution < 1.29 is 14.3 Å². The smallest absolute Gasteiger partial charge is 0.330 e. The largest absolute Gasteiger partial charge is 0.479 e. The Hall–Kier alpha value is -1.11. The van der Waals surface area contributed by atoms with Crippen LogP contribution in [0, 0.1) is 9.39 Å².